The Bertz CT molecular complexity index is 1170. The van der Waals surface area contributed by atoms with Crippen molar-refractivity contribution in [2.45, 2.75) is 64.5 Å². The van der Waals surface area contributed by atoms with E-state index in [1.54, 1.807) is 6.07 Å². The molecule has 0 atom stereocenters. The molecule has 0 radical (unpaired) electrons. The van der Waals surface area contributed by atoms with Crippen molar-refractivity contribution in [3.05, 3.63) is 30.2 Å². The molecule has 36 heavy (non-hydrogen) atoms. The summed E-state index contributed by atoms with van der Waals surface area (Å²) in [5.74, 6) is 0.368. The lowest BCUT2D eigenvalue weighted by molar-refractivity contribution is 0.109. The van der Waals surface area contributed by atoms with Gasteiger partial charge in [-0.25, -0.2) is 14.1 Å². The highest BCUT2D eigenvalue weighted by Gasteiger charge is 2.26. The number of likely N-dealkylation sites (N-methyl/N-ethyl adjacent to an activating group) is 1. The van der Waals surface area contributed by atoms with Gasteiger partial charge in [-0.15, -0.1) is 0 Å². The van der Waals surface area contributed by atoms with Crippen molar-refractivity contribution >= 4 is 22.7 Å². The molecule has 5 rings (SSSR count). The second-order valence-electron chi connectivity index (χ2n) is 10.1. The highest BCUT2D eigenvalue weighted by atomic mass is 19.1. The van der Waals surface area contributed by atoms with Gasteiger partial charge >= 0.3 is 0 Å². The van der Waals surface area contributed by atoms with E-state index < -0.39 is 0 Å². The van der Waals surface area contributed by atoms with Gasteiger partial charge < -0.3 is 20.2 Å². The lowest BCUT2D eigenvalue weighted by Gasteiger charge is -2.35. The van der Waals surface area contributed by atoms with Crippen molar-refractivity contribution in [1.29, 1.82) is 0 Å². The molecule has 194 valence electrons. The molecule has 1 saturated carbocycles. The van der Waals surface area contributed by atoms with Crippen LogP contribution in [-0.2, 0) is 0 Å². The molecule has 3 aromatic rings. The maximum Gasteiger partial charge on any atom is 0.224 e. The average Bonchev–Trinajstić information content (AvgIpc) is 3.28. The third-order valence-electron chi connectivity index (χ3n) is 7.66. The Labute approximate surface area is 212 Å². The van der Waals surface area contributed by atoms with Crippen LogP contribution in [0.15, 0.2) is 24.4 Å². The monoisotopic (exact) mass is 495 g/mol. The molecule has 2 aromatic heterocycles. The molecule has 1 aliphatic heterocycles. The van der Waals surface area contributed by atoms with E-state index in [1.165, 1.54) is 0 Å². The van der Waals surface area contributed by atoms with E-state index in [4.69, 9.17) is 10.1 Å². The summed E-state index contributed by atoms with van der Waals surface area (Å²) in [6.45, 7) is 9.73. The molecule has 1 aliphatic carbocycles. The molecule has 2 fully saturated rings. The Balaban J connectivity index is 1.47. The smallest absolute Gasteiger partial charge is 0.224 e. The van der Waals surface area contributed by atoms with Crippen molar-refractivity contribution < 1.29 is 9.50 Å². The number of hydrogen-bond acceptors (Lipinski definition) is 7. The van der Waals surface area contributed by atoms with Crippen molar-refractivity contribution in [3.8, 4) is 11.3 Å². The van der Waals surface area contributed by atoms with Crippen molar-refractivity contribution in [2.24, 2.45) is 0 Å². The molecule has 9 heteroatoms. The van der Waals surface area contributed by atoms with Gasteiger partial charge in [-0.3, -0.25) is 0 Å². The predicted molar refractivity (Wildman–Crippen MR) is 142 cm³/mol. The van der Waals surface area contributed by atoms with Gasteiger partial charge in [0.2, 0.25) is 5.95 Å². The quantitative estimate of drug-likeness (QED) is 0.447. The molecule has 3 heterocycles. The molecule has 0 spiro atoms. The van der Waals surface area contributed by atoms with Crippen molar-refractivity contribution in [2.75, 3.05) is 49.5 Å². The van der Waals surface area contributed by atoms with Crippen LogP contribution in [0.5, 0.6) is 0 Å². The number of anilines is 2. The minimum atomic E-state index is -0.246. The summed E-state index contributed by atoms with van der Waals surface area (Å²) in [5.41, 5.74) is 2.86. The summed E-state index contributed by atoms with van der Waals surface area (Å²) < 4.78 is 17.4. The van der Waals surface area contributed by atoms with E-state index in [-0.39, 0.29) is 18.0 Å². The molecule has 0 unspecified atom stereocenters. The van der Waals surface area contributed by atoms with Crippen LogP contribution >= 0.6 is 0 Å². The van der Waals surface area contributed by atoms with Crippen LogP contribution in [0.4, 0.5) is 16.0 Å². The summed E-state index contributed by atoms with van der Waals surface area (Å²) in [4.78, 5) is 13.9. The SMILES string of the molecule is CCCCNc1ncc2c(-c3ccc(N4CCN(CC)CC4)c(F)c3)nn(C3CCC(O)CC3)c2n1. The van der Waals surface area contributed by atoms with Crippen LogP contribution in [0, 0.1) is 5.82 Å². The first-order valence-electron chi connectivity index (χ1n) is 13.5. The molecule has 1 aromatic carbocycles. The molecular formula is C27H38FN7O. The number of piperazine rings is 1. The number of aromatic nitrogens is 4. The fourth-order valence-corrected chi connectivity index (χ4v) is 5.37. The molecule has 2 N–H and O–H groups in total. The largest absolute Gasteiger partial charge is 0.393 e. The summed E-state index contributed by atoms with van der Waals surface area (Å²) >= 11 is 0. The van der Waals surface area contributed by atoms with Gasteiger partial charge in [-0.1, -0.05) is 26.3 Å². The van der Waals surface area contributed by atoms with Crippen LogP contribution < -0.4 is 10.2 Å². The third kappa shape index (κ3) is 5.18. The van der Waals surface area contributed by atoms with Gasteiger partial charge in [-0.2, -0.15) is 10.1 Å². The summed E-state index contributed by atoms with van der Waals surface area (Å²) in [5, 5.41) is 19.1. The average molecular weight is 496 g/mol. The first-order chi connectivity index (χ1) is 17.6. The summed E-state index contributed by atoms with van der Waals surface area (Å²) in [6.07, 6.45) is 6.90. The second kappa shape index (κ2) is 11.1. The molecule has 8 nitrogen and oxygen atoms in total. The maximum absolute atomic E-state index is 15.4. The first kappa shape index (κ1) is 24.9. The predicted octanol–water partition coefficient (Wildman–Crippen LogP) is 4.46. The van der Waals surface area contributed by atoms with Crippen LogP contribution in [0.1, 0.15) is 58.4 Å². The van der Waals surface area contributed by atoms with Crippen LogP contribution in [-0.4, -0.2) is 75.1 Å². The van der Waals surface area contributed by atoms with Crippen molar-refractivity contribution in [1.82, 2.24) is 24.6 Å². The van der Waals surface area contributed by atoms with E-state index in [1.807, 2.05) is 23.0 Å². The summed E-state index contributed by atoms with van der Waals surface area (Å²) in [6, 6.07) is 5.61. The van der Waals surface area contributed by atoms with Gasteiger partial charge in [0, 0.05) is 44.5 Å². The number of nitrogens with zero attached hydrogens (tertiary/aromatic N) is 6. The molecule has 0 bridgehead atoms. The number of halogens is 1. The van der Waals surface area contributed by atoms with Gasteiger partial charge in [0.05, 0.1) is 23.2 Å². The Morgan fingerprint density at radius 3 is 2.56 bits per heavy atom. The van der Waals surface area contributed by atoms with Gasteiger partial charge in [0.25, 0.3) is 0 Å². The number of hydrogen-bond donors (Lipinski definition) is 2. The third-order valence-corrected chi connectivity index (χ3v) is 7.66. The Kier molecular flexibility index (Phi) is 7.67. The standard InChI is InChI=1S/C27H38FN7O/c1-3-5-12-29-27-30-18-22-25(32-35(26(22)31-27)20-7-9-21(36)10-8-20)19-6-11-24(23(28)17-19)34-15-13-33(4-2)14-16-34/h6,11,17-18,20-21,36H,3-5,7-10,12-16H2,1-2H3,(H,29,30,31). The van der Waals surface area contributed by atoms with Crippen LogP contribution in [0.25, 0.3) is 22.3 Å². The maximum atomic E-state index is 15.4. The number of nitrogens with one attached hydrogen (secondary N) is 1. The van der Waals surface area contributed by atoms with Crippen molar-refractivity contribution in [3.63, 3.8) is 0 Å². The fourth-order valence-electron chi connectivity index (χ4n) is 5.37. The number of aliphatic hydroxyl groups is 1. The second-order valence-corrected chi connectivity index (χ2v) is 10.1. The zero-order valence-corrected chi connectivity index (χ0v) is 21.5. The lowest BCUT2D eigenvalue weighted by atomic mass is 9.93. The number of unbranched alkanes of at least 4 members (excludes halogenated alkanes) is 1. The highest BCUT2D eigenvalue weighted by molar-refractivity contribution is 5.91. The van der Waals surface area contributed by atoms with Gasteiger partial charge in [-0.05, 0) is 50.8 Å². The van der Waals surface area contributed by atoms with Gasteiger partial charge in [0.1, 0.15) is 11.5 Å². The number of rotatable bonds is 8. The minimum absolute atomic E-state index is 0.155. The topological polar surface area (TPSA) is 82.3 Å². The first-order valence-corrected chi connectivity index (χ1v) is 13.5. The minimum Gasteiger partial charge on any atom is -0.393 e. The zero-order chi connectivity index (χ0) is 25.1. The normalized spacial score (nSPS) is 21.3. The Morgan fingerprint density at radius 2 is 1.86 bits per heavy atom. The van der Waals surface area contributed by atoms with Crippen LogP contribution in [0.2, 0.25) is 0 Å². The van der Waals surface area contributed by atoms with E-state index in [0.717, 1.165) is 94.4 Å². The molecular weight excluding hydrogens is 457 g/mol. The highest BCUT2D eigenvalue weighted by Crippen LogP contribution is 2.35. The number of benzene rings is 1. The molecule has 2 aliphatic rings. The number of aliphatic hydroxyl groups excluding tert-OH is 1. The van der Waals surface area contributed by atoms with E-state index >= 15 is 4.39 Å². The Hall–Kier alpha value is -2.78. The summed E-state index contributed by atoms with van der Waals surface area (Å²) in [7, 11) is 0. The van der Waals surface area contributed by atoms with E-state index in [0.29, 0.717) is 17.3 Å². The van der Waals surface area contributed by atoms with E-state index in [2.05, 4.69) is 33.9 Å². The Morgan fingerprint density at radius 1 is 1.08 bits per heavy atom. The fraction of sp³-hybridized carbons (Fsp3) is 0.593. The number of fused-ring (bicyclic) bond motifs is 1. The molecule has 1 saturated heterocycles. The lowest BCUT2D eigenvalue weighted by Crippen LogP contribution is -2.46. The van der Waals surface area contributed by atoms with Crippen LogP contribution in [0.3, 0.4) is 0 Å². The zero-order valence-electron chi connectivity index (χ0n) is 21.5. The van der Waals surface area contributed by atoms with Gasteiger partial charge in [0.15, 0.2) is 5.65 Å². The molecule has 0 amide bonds. The van der Waals surface area contributed by atoms with E-state index in [9.17, 15) is 5.11 Å².